The molecule has 0 bridgehead atoms. The summed E-state index contributed by atoms with van der Waals surface area (Å²) in [7, 11) is 0. The summed E-state index contributed by atoms with van der Waals surface area (Å²) >= 11 is 0. The lowest BCUT2D eigenvalue weighted by Crippen LogP contribution is -2.52. The maximum atomic E-state index is 12.1. The molecule has 1 amide bonds. The molecule has 1 unspecified atom stereocenters. The number of amides is 1. The van der Waals surface area contributed by atoms with Crippen molar-refractivity contribution < 1.29 is 9.53 Å². The average Bonchev–Trinajstić information content (AvgIpc) is 2.10. The van der Waals surface area contributed by atoms with Gasteiger partial charge in [0.2, 0.25) is 5.91 Å². The van der Waals surface area contributed by atoms with Gasteiger partial charge in [-0.2, -0.15) is 0 Å². The quantitative estimate of drug-likeness (QED) is 0.755. The van der Waals surface area contributed by atoms with Crippen LogP contribution in [0.3, 0.4) is 0 Å². The molecule has 1 heterocycles. The van der Waals surface area contributed by atoms with Gasteiger partial charge in [-0.25, -0.2) is 0 Å². The smallest absolute Gasteiger partial charge is 0.224 e. The zero-order valence-corrected chi connectivity index (χ0v) is 9.71. The minimum absolute atomic E-state index is 0.174. The Morgan fingerprint density at radius 2 is 2.07 bits per heavy atom. The van der Waals surface area contributed by atoms with E-state index in [1.807, 2.05) is 0 Å². The molecule has 1 saturated heterocycles. The second-order valence-corrected chi connectivity index (χ2v) is 5.53. The van der Waals surface area contributed by atoms with Crippen LogP contribution < -0.4 is 5.32 Å². The van der Waals surface area contributed by atoms with Gasteiger partial charge in [0.25, 0.3) is 0 Å². The van der Waals surface area contributed by atoms with Crippen LogP contribution in [0.15, 0.2) is 0 Å². The van der Waals surface area contributed by atoms with Crippen LogP contribution in [0.25, 0.3) is 0 Å². The van der Waals surface area contributed by atoms with E-state index < -0.39 is 0 Å². The molecule has 1 aliphatic carbocycles. The molecule has 0 radical (unpaired) electrons. The normalized spacial score (nSPS) is 30.7. The zero-order chi connectivity index (χ0) is 10.9. The SMILES string of the molecule is CC1(C)CCCCC1C(=O)NC1COC1. The fourth-order valence-corrected chi connectivity index (χ4v) is 2.60. The van der Waals surface area contributed by atoms with E-state index in [4.69, 9.17) is 4.74 Å². The molecule has 2 aliphatic rings. The van der Waals surface area contributed by atoms with Crippen molar-refractivity contribution in [3.63, 3.8) is 0 Å². The Labute approximate surface area is 91.6 Å². The van der Waals surface area contributed by atoms with Gasteiger partial charge in [0.1, 0.15) is 0 Å². The van der Waals surface area contributed by atoms with Gasteiger partial charge in [-0.1, -0.05) is 26.7 Å². The maximum Gasteiger partial charge on any atom is 0.224 e. The van der Waals surface area contributed by atoms with E-state index in [-0.39, 0.29) is 23.3 Å². The molecule has 0 aromatic heterocycles. The van der Waals surface area contributed by atoms with E-state index in [0.717, 1.165) is 6.42 Å². The molecule has 2 rings (SSSR count). The Hall–Kier alpha value is -0.570. The summed E-state index contributed by atoms with van der Waals surface area (Å²) in [5, 5.41) is 3.08. The molecule has 1 atom stereocenters. The molecule has 3 heteroatoms. The van der Waals surface area contributed by atoms with E-state index >= 15 is 0 Å². The molecule has 1 aliphatic heterocycles. The summed E-state index contributed by atoms with van der Waals surface area (Å²) < 4.78 is 5.06. The molecule has 86 valence electrons. The predicted molar refractivity (Wildman–Crippen MR) is 58.5 cm³/mol. The van der Waals surface area contributed by atoms with Crippen LogP contribution in [-0.4, -0.2) is 25.2 Å². The first-order valence-corrected chi connectivity index (χ1v) is 5.98. The third-order valence-electron chi connectivity index (χ3n) is 3.81. The summed E-state index contributed by atoms with van der Waals surface area (Å²) in [5.74, 6) is 0.444. The van der Waals surface area contributed by atoms with Crippen molar-refractivity contribution in [2.45, 2.75) is 45.6 Å². The van der Waals surface area contributed by atoms with E-state index in [1.165, 1.54) is 19.3 Å². The summed E-state index contributed by atoms with van der Waals surface area (Å²) in [6.07, 6.45) is 4.69. The van der Waals surface area contributed by atoms with Crippen molar-refractivity contribution in [2.24, 2.45) is 11.3 Å². The summed E-state index contributed by atoms with van der Waals surface area (Å²) in [5.41, 5.74) is 0.174. The van der Waals surface area contributed by atoms with Gasteiger partial charge >= 0.3 is 0 Å². The Bertz CT molecular complexity index is 246. The lowest BCUT2D eigenvalue weighted by molar-refractivity contribution is -0.134. The van der Waals surface area contributed by atoms with Crippen LogP contribution in [0.4, 0.5) is 0 Å². The van der Waals surface area contributed by atoms with Crippen molar-refractivity contribution in [3.8, 4) is 0 Å². The highest BCUT2D eigenvalue weighted by molar-refractivity contribution is 5.80. The summed E-state index contributed by atoms with van der Waals surface area (Å²) in [6.45, 7) is 5.82. The maximum absolute atomic E-state index is 12.1. The summed E-state index contributed by atoms with van der Waals surface area (Å²) in [4.78, 5) is 12.1. The number of hydrogen-bond donors (Lipinski definition) is 1. The third-order valence-corrected chi connectivity index (χ3v) is 3.81. The van der Waals surface area contributed by atoms with E-state index in [0.29, 0.717) is 13.2 Å². The van der Waals surface area contributed by atoms with E-state index in [2.05, 4.69) is 19.2 Å². The van der Waals surface area contributed by atoms with E-state index in [1.54, 1.807) is 0 Å². The predicted octanol–water partition coefficient (Wildman–Crippen LogP) is 1.72. The standard InChI is InChI=1S/C12H21NO2/c1-12(2)6-4-3-5-10(12)11(14)13-9-7-15-8-9/h9-10H,3-8H2,1-2H3,(H,13,14). The molecular formula is C12H21NO2. The zero-order valence-electron chi connectivity index (χ0n) is 9.71. The van der Waals surface area contributed by atoms with Gasteiger partial charge in [0, 0.05) is 5.92 Å². The van der Waals surface area contributed by atoms with Crippen molar-refractivity contribution in [3.05, 3.63) is 0 Å². The summed E-state index contributed by atoms with van der Waals surface area (Å²) in [6, 6.07) is 0.273. The number of hydrogen-bond acceptors (Lipinski definition) is 2. The number of carbonyl (C=O) groups is 1. The van der Waals surface area contributed by atoms with Crippen molar-refractivity contribution in [2.75, 3.05) is 13.2 Å². The Balaban J connectivity index is 1.91. The molecule has 0 aromatic carbocycles. The van der Waals surface area contributed by atoms with Gasteiger partial charge < -0.3 is 10.1 Å². The lowest BCUT2D eigenvalue weighted by atomic mass is 9.68. The molecular weight excluding hydrogens is 190 g/mol. The van der Waals surface area contributed by atoms with Crippen molar-refractivity contribution in [1.82, 2.24) is 5.32 Å². The van der Waals surface area contributed by atoms with Crippen LogP contribution >= 0.6 is 0 Å². The van der Waals surface area contributed by atoms with Gasteiger partial charge in [-0.15, -0.1) is 0 Å². The molecule has 2 fully saturated rings. The second-order valence-electron chi connectivity index (χ2n) is 5.53. The second kappa shape index (κ2) is 4.12. The monoisotopic (exact) mass is 211 g/mol. The van der Waals surface area contributed by atoms with Crippen LogP contribution in [-0.2, 0) is 9.53 Å². The largest absolute Gasteiger partial charge is 0.377 e. The molecule has 3 nitrogen and oxygen atoms in total. The first-order valence-electron chi connectivity index (χ1n) is 5.98. The number of carbonyl (C=O) groups excluding carboxylic acids is 1. The highest BCUT2D eigenvalue weighted by atomic mass is 16.5. The van der Waals surface area contributed by atoms with Crippen LogP contribution in [0.5, 0.6) is 0 Å². The highest BCUT2D eigenvalue weighted by Crippen LogP contribution is 2.40. The van der Waals surface area contributed by atoms with Crippen LogP contribution in [0.2, 0.25) is 0 Å². The minimum Gasteiger partial charge on any atom is -0.377 e. The molecule has 1 saturated carbocycles. The van der Waals surface area contributed by atoms with Gasteiger partial charge in [0.05, 0.1) is 19.3 Å². The Morgan fingerprint density at radius 1 is 1.33 bits per heavy atom. The first kappa shape index (κ1) is 10.9. The average molecular weight is 211 g/mol. The van der Waals surface area contributed by atoms with Crippen LogP contribution in [0, 0.1) is 11.3 Å². The fourth-order valence-electron chi connectivity index (χ4n) is 2.60. The Morgan fingerprint density at radius 3 is 2.60 bits per heavy atom. The third kappa shape index (κ3) is 2.33. The van der Waals surface area contributed by atoms with Gasteiger partial charge in [-0.05, 0) is 18.3 Å². The van der Waals surface area contributed by atoms with Gasteiger partial charge in [0.15, 0.2) is 0 Å². The van der Waals surface area contributed by atoms with Crippen molar-refractivity contribution in [1.29, 1.82) is 0 Å². The molecule has 0 aromatic rings. The number of ether oxygens (including phenoxy) is 1. The molecule has 1 N–H and O–H groups in total. The minimum atomic E-state index is 0.174. The lowest BCUT2D eigenvalue weighted by Gasteiger charge is -2.39. The Kier molecular flexibility index (Phi) is 3.01. The van der Waals surface area contributed by atoms with Crippen LogP contribution in [0.1, 0.15) is 39.5 Å². The first-order chi connectivity index (χ1) is 7.09. The highest BCUT2D eigenvalue weighted by Gasteiger charge is 2.38. The molecule has 0 spiro atoms. The van der Waals surface area contributed by atoms with Crippen molar-refractivity contribution >= 4 is 5.91 Å². The van der Waals surface area contributed by atoms with Gasteiger partial charge in [-0.3, -0.25) is 4.79 Å². The number of nitrogens with one attached hydrogen (secondary N) is 1. The molecule has 15 heavy (non-hydrogen) atoms. The number of rotatable bonds is 2. The van der Waals surface area contributed by atoms with E-state index in [9.17, 15) is 4.79 Å². The topological polar surface area (TPSA) is 38.3 Å². The fraction of sp³-hybridized carbons (Fsp3) is 0.917.